The van der Waals surface area contributed by atoms with E-state index >= 15 is 0 Å². The molecule has 3 N–H and O–H groups in total. The zero-order valence-electron chi connectivity index (χ0n) is 12.6. The van der Waals surface area contributed by atoms with E-state index in [9.17, 15) is 22.4 Å². The number of amides is 1. The Balaban J connectivity index is 2.30. The van der Waals surface area contributed by atoms with Crippen LogP contribution in [0.25, 0.3) is 0 Å². The molecule has 0 atom stereocenters. The number of hydrogen-bond donors (Lipinski definition) is 3. The van der Waals surface area contributed by atoms with Gasteiger partial charge in [-0.2, -0.15) is 17.6 Å². The van der Waals surface area contributed by atoms with Gasteiger partial charge in [0.2, 0.25) is 5.97 Å². The molecule has 1 heterocycles. The second-order valence-corrected chi connectivity index (χ2v) is 5.18. The number of hydrogen-bond acceptors (Lipinski definition) is 4. The summed E-state index contributed by atoms with van der Waals surface area (Å²) >= 11 is 5.96. The van der Waals surface area contributed by atoms with Gasteiger partial charge in [-0.1, -0.05) is 11.6 Å². The van der Waals surface area contributed by atoms with Crippen LogP contribution in [-0.4, -0.2) is 23.9 Å². The quantitative estimate of drug-likeness (QED) is 0.550. The second kappa shape index (κ2) is 7.06. The Morgan fingerprint density at radius 2 is 1.84 bits per heavy atom. The first-order valence-electron chi connectivity index (χ1n) is 6.74. The van der Waals surface area contributed by atoms with Crippen molar-refractivity contribution in [3.05, 3.63) is 52.2 Å². The summed E-state index contributed by atoms with van der Waals surface area (Å²) in [4.78, 5) is 16.0. The van der Waals surface area contributed by atoms with Gasteiger partial charge < -0.3 is 10.6 Å². The van der Waals surface area contributed by atoms with Crippen LogP contribution in [0.15, 0.2) is 30.5 Å². The average molecular weight is 375 g/mol. The van der Waals surface area contributed by atoms with E-state index < -0.39 is 23.6 Å². The fourth-order valence-corrected chi connectivity index (χ4v) is 2.29. The van der Waals surface area contributed by atoms with Gasteiger partial charge in [0.05, 0.1) is 21.7 Å². The molecule has 0 fully saturated rings. The molecule has 0 radical (unpaired) electrons. The normalized spacial score (nSPS) is 11.1. The topological polar surface area (TPSA) is 77.9 Å². The molecule has 0 aliphatic rings. The van der Waals surface area contributed by atoms with Crippen LogP contribution in [0.3, 0.4) is 0 Å². The minimum absolute atomic E-state index is 0.0245. The number of halogens is 5. The molecule has 0 unspecified atom stereocenters. The lowest BCUT2D eigenvalue weighted by molar-refractivity contribution is -0.137. The fourth-order valence-electron chi connectivity index (χ4n) is 1.98. The molecule has 5 nitrogen and oxygen atoms in total. The zero-order chi connectivity index (χ0) is 18.8. The summed E-state index contributed by atoms with van der Waals surface area (Å²) in [6.45, 7) is 0. The summed E-state index contributed by atoms with van der Waals surface area (Å²) in [5.41, 5.74) is -1.39. The summed E-state index contributed by atoms with van der Waals surface area (Å²) < 4.78 is 50.9. The molecule has 2 aromatic rings. The van der Waals surface area contributed by atoms with Gasteiger partial charge in [0.15, 0.2) is 0 Å². The number of rotatable bonds is 4. The van der Waals surface area contributed by atoms with Crippen LogP contribution in [0, 0.1) is 5.41 Å². The maximum atomic E-state index is 13.3. The van der Waals surface area contributed by atoms with Gasteiger partial charge in [-0.3, -0.25) is 10.2 Å². The lowest BCUT2D eigenvalue weighted by Gasteiger charge is -2.12. The van der Waals surface area contributed by atoms with E-state index in [4.69, 9.17) is 17.0 Å². The number of carbonyl (C=O) groups excluding carboxylic acids is 1. The van der Waals surface area contributed by atoms with Crippen molar-refractivity contribution in [1.29, 1.82) is 5.41 Å². The van der Waals surface area contributed by atoms with Gasteiger partial charge >= 0.3 is 6.18 Å². The lowest BCUT2D eigenvalue weighted by Crippen LogP contribution is -2.15. The average Bonchev–Trinajstić information content (AvgIpc) is 2.53. The monoisotopic (exact) mass is 374 g/mol. The number of pyridine rings is 1. The minimum Gasteiger partial charge on any atom is -0.372 e. The van der Waals surface area contributed by atoms with Crippen molar-refractivity contribution in [2.75, 3.05) is 17.7 Å². The van der Waals surface area contributed by atoms with E-state index in [0.29, 0.717) is 0 Å². The van der Waals surface area contributed by atoms with Crippen LogP contribution >= 0.6 is 11.6 Å². The van der Waals surface area contributed by atoms with Gasteiger partial charge in [0.25, 0.3) is 5.91 Å². The molecular weight excluding hydrogens is 364 g/mol. The van der Waals surface area contributed by atoms with E-state index in [1.54, 1.807) is 0 Å². The highest BCUT2D eigenvalue weighted by Gasteiger charge is 2.30. The summed E-state index contributed by atoms with van der Waals surface area (Å²) in [6.07, 6.45) is -3.42. The lowest BCUT2D eigenvalue weighted by atomic mass is 10.1. The molecule has 0 bridgehead atoms. The number of nitrogens with one attached hydrogen (secondary N) is 3. The molecule has 2 rings (SSSR count). The van der Waals surface area contributed by atoms with Gasteiger partial charge in [-0.15, -0.1) is 0 Å². The van der Waals surface area contributed by atoms with Gasteiger partial charge in [-0.05, 0) is 24.3 Å². The molecule has 0 aliphatic carbocycles. The Kier molecular flexibility index (Phi) is 5.27. The first-order valence-corrected chi connectivity index (χ1v) is 7.12. The fraction of sp³-hybridized carbons (Fsp3) is 0.133. The van der Waals surface area contributed by atoms with Crippen molar-refractivity contribution in [3.8, 4) is 0 Å². The Morgan fingerprint density at radius 3 is 2.32 bits per heavy atom. The molecule has 0 saturated heterocycles. The first-order chi connectivity index (χ1) is 11.6. The molecule has 0 saturated carbocycles. The zero-order valence-corrected chi connectivity index (χ0v) is 13.4. The highest BCUT2D eigenvalue weighted by Crippen LogP contribution is 2.30. The van der Waals surface area contributed by atoms with Crippen molar-refractivity contribution >= 4 is 35.0 Å². The molecule has 0 aliphatic heterocycles. The third kappa shape index (κ3) is 4.05. The summed E-state index contributed by atoms with van der Waals surface area (Å²) in [5.74, 6) is -2.21. The molecule has 132 valence electrons. The predicted octanol–water partition coefficient (Wildman–Crippen LogP) is 4.34. The van der Waals surface area contributed by atoms with Crippen LogP contribution in [-0.2, 0) is 6.18 Å². The SMILES string of the molecule is CNc1ncc(C(=O)Nc2ccc(C(F)(F)F)cc2)c(Cl)c1C(=N)F. The molecule has 1 aromatic heterocycles. The van der Waals surface area contributed by atoms with Crippen LogP contribution in [0.1, 0.15) is 21.5 Å². The summed E-state index contributed by atoms with van der Waals surface area (Å²) in [7, 11) is 1.44. The van der Waals surface area contributed by atoms with Crippen molar-refractivity contribution < 1.29 is 22.4 Å². The van der Waals surface area contributed by atoms with Crippen LogP contribution in [0.5, 0.6) is 0 Å². The summed E-state index contributed by atoms with van der Waals surface area (Å²) in [6, 6.07) is 3.76. The smallest absolute Gasteiger partial charge is 0.372 e. The number of aromatic nitrogens is 1. The Bertz CT molecular complexity index is 822. The number of carbonyl (C=O) groups is 1. The Morgan fingerprint density at radius 1 is 1.24 bits per heavy atom. The number of anilines is 2. The minimum atomic E-state index is -4.49. The highest BCUT2D eigenvalue weighted by molar-refractivity contribution is 6.37. The Hall–Kier alpha value is -2.68. The predicted molar refractivity (Wildman–Crippen MR) is 86.1 cm³/mol. The molecule has 10 heteroatoms. The van der Waals surface area contributed by atoms with Crippen molar-refractivity contribution in [2.24, 2.45) is 0 Å². The molecule has 1 aromatic carbocycles. The van der Waals surface area contributed by atoms with Gasteiger partial charge in [-0.25, -0.2) is 4.98 Å². The van der Waals surface area contributed by atoms with E-state index in [0.717, 1.165) is 30.5 Å². The number of alkyl halides is 3. The molecule has 1 amide bonds. The van der Waals surface area contributed by atoms with E-state index in [2.05, 4.69) is 15.6 Å². The third-order valence-corrected chi connectivity index (χ3v) is 3.58. The molecule has 25 heavy (non-hydrogen) atoms. The van der Waals surface area contributed by atoms with Gasteiger partial charge in [0.1, 0.15) is 5.82 Å². The third-order valence-electron chi connectivity index (χ3n) is 3.19. The maximum Gasteiger partial charge on any atom is 0.416 e. The highest BCUT2D eigenvalue weighted by atomic mass is 35.5. The second-order valence-electron chi connectivity index (χ2n) is 4.80. The van der Waals surface area contributed by atoms with Crippen molar-refractivity contribution in [2.45, 2.75) is 6.18 Å². The molecule has 0 spiro atoms. The van der Waals surface area contributed by atoms with Crippen LogP contribution in [0.2, 0.25) is 5.02 Å². The van der Waals surface area contributed by atoms with E-state index in [1.165, 1.54) is 7.05 Å². The van der Waals surface area contributed by atoms with Crippen molar-refractivity contribution in [1.82, 2.24) is 4.98 Å². The maximum absolute atomic E-state index is 13.3. The van der Waals surface area contributed by atoms with E-state index in [-0.39, 0.29) is 27.7 Å². The Labute approximate surface area is 144 Å². The number of benzene rings is 1. The summed E-state index contributed by atoms with van der Waals surface area (Å²) in [5, 5.41) is 11.6. The van der Waals surface area contributed by atoms with Crippen LogP contribution in [0.4, 0.5) is 29.1 Å². The van der Waals surface area contributed by atoms with Crippen molar-refractivity contribution in [3.63, 3.8) is 0 Å². The number of nitrogens with zero attached hydrogens (tertiary/aromatic N) is 1. The van der Waals surface area contributed by atoms with Gasteiger partial charge in [0, 0.05) is 18.9 Å². The molecular formula is C15H11ClF4N4O. The standard InChI is InChI=1S/C15H11ClF4N4O/c1-22-13-10(12(17)21)11(16)9(6-23-13)14(25)24-8-4-2-7(3-5-8)15(18,19)20/h2-6,21H,1H3,(H,22,23)(H,24,25). The van der Waals surface area contributed by atoms with Crippen LogP contribution < -0.4 is 10.6 Å². The van der Waals surface area contributed by atoms with E-state index in [1.807, 2.05) is 0 Å². The first kappa shape index (κ1) is 18.7. The largest absolute Gasteiger partial charge is 0.416 e.